The lowest BCUT2D eigenvalue weighted by atomic mass is 9.96. The van der Waals surface area contributed by atoms with E-state index in [0.29, 0.717) is 10.8 Å². The highest BCUT2D eigenvalue weighted by Crippen LogP contribution is 2.40. The molecule has 5 nitrogen and oxygen atoms in total. The predicted molar refractivity (Wildman–Crippen MR) is 105 cm³/mol. The number of amides is 1. The van der Waals surface area contributed by atoms with Crippen LogP contribution >= 0.6 is 11.3 Å². The van der Waals surface area contributed by atoms with Crippen LogP contribution in [0.3, 0.4) is 0 Å². The van der Waals surface area contributed by atoms with Crippen LogP contribution in [-0.4, -0.2) is 16.0 Å². The highest BCUT2D eigenvalue weighted by atomic mass is 32.1. The zero-order valence-electron chi connectivity index (χ0n) is 15.4. The van der Waals surface area contributed by atoms with Gasteiger partial charge in [0.15, 0.2) is 0 Å². The molecule has 0 fully saturated rings. The standard InChI is InChI=1S/C20H18F2N3O2S/c1-10-4-5-16(24-9-10)25-19-12(18(23)26)8-15(28-19)17-13(21)6-11(7-14(17)22)20(2,3)27/h4-8,27H,1-3H3,(H2,23,26)(H,24,25). The van der Waals surface area contributed by atoms with Gasteiger partial charge in [0.05, 0.1) is 22.9 Å². The van der Waals surface area contributed by atoms with E-state index in [2.05, 4.69) is 16.5 Å². The number of carbonyl (C=O) groups is 1. The number of aromatic nitrogens is 1. The lowest BCUT2D eigenvalue weighted by molar-refractivity contribution is 0.0778. The van der Waals surface area contributed by atoms with Crippen molar-refractivity contribution in [1.29, 1.82) is 0 Å². The van der Waals surface area contributed by atoms with Crippen molar-refractivity contribution in [3.63, 3.8) is 0 Å². The first-order chi connectivity index (χ1) is 13.1. The third kappa shape index (κ3) is 4.02. The minimum absolute atomic E-state index is 0.0905. The van der Waals surface area contributed by atoms with Gasteiger partial charge in [-0.2, -0.15) is 0 Å². The average Bonchev–Trinajstić information content (AvgIpc) is 2.99. The summed E-state index contributed by atoms with van der Waals surface area (Å²) >= 11 is 0.973. The van der Waals surface area contributed by atoms with E-state index in [1.54, 1.807) is 12.1 Å². The van der Waals surface area contributed by atoms with Crippen molar-refractivity contribution in [2.75, 3.05) is 5.32 Å². The van der Waals surface area contributed by atoms with Crippen molar-refractivity contribution in [2.24, 2.45) is 5.73 Å². The van der Waals surface area contributed by atoms with Gasteiger partial charge in [0.2, 0.25) is 0 Å². The van der Waals surface area contributed by atoms with Gasteiger partial charge in [-0.1, -0.05) is 6.07 Å². The second-order valence-electron chi connectivity index (χ2n) is 6.84. The number of anilines is 2. The number of hydrogen-bond acceptors (Lipinski definition) is 5. The molecule has 3 rings (SSSR count). The molecule has 0 bridgehead atoms. The fourth-order valence-corrected chi connectivity index (χ4v) is 3.68. The minimum Gasteiger partial charge on any atom is -0.386 e. The molecule has 1 amide bonds. The Labute approximate surface area is 164 Å². The molecule has 0 aliphatic heterocycles. The Morgan fingerprint density at radius 1 is 1.25 bits per heavy atom. The Balaban J connectivity index is 2.06. The van der Waals surface area contributed by atoms with Gasteiger partial charge in [-0.3, -0.25) is 4.79 Å². The Kier molecular flexibility index (Phi) is 5.18. The van der Waals surface area contributed by atoms with Gasteiger partial charge in [0.25, 0.3) is 5.91 Å². The van der Waals surface area contributed by atoms with Gasteiger partial charge in [0.1, 0.15) is 22.5 Å². The molecule has 0 saturated carbocycles. The zero-order valence-corrected chi connectivity index (χ0v) is 16.2. The summed E-state index contributed by atoms with van der Waals surface area (Å²) in [7, 11) is 0. The molecule has 0 aliphatic rings. The minimum atomic E-state index is -1.39. The number of nitrogens with zero attached hydrogens (tertiary/aromatic N) is 1. The van der Waals surface area contributed by atoms with Crippen LogP contribution in [0, 0.1) is 24.8 Å². The lowest BCUT2D eigenvalue weighted by Gasteiger charge is -2.18. The number of pyridine rings is 1. The van der Waals surface area contributed by atoms with Gasteiger partial charge in [-0.05, 0) is 56.2 Å². The second-order valence-corrected chi connectivity index (χ2v) is 7.89. The SMILES string of the molecule is Cc1[c]nc(Nc2sc(-c3c(F)cc(C(C)(C)O)cc3F)cc2C(N)=O)cc1. The summed E-state index contributed by atoms with van der Waals surface area (Å²) in [4.78, 5) is 16.1. The van der Waals surface area contributed by atoms with E-state index in [4.69, 9.17) is 5.73 Å². The Bertz CT molecular complexity index is 1020. The van der Waals surface area contributed by atoms with E-state index >= 15 is 0 Å². The Morgan fingerprint density at radius 2 is 1.89 bits per heavy atom. The first-order valence-electron chi connectivity index (χ1n) is 8.34. The number of benzene rings is 1. The molecule has 0 atom stereocenters. The van der Waals surface area contributed by atoms with E-state index in [-0.39, 0.29) is 21.6 Å². The summed E-state index contributed by atoms with van der Waals surface area (Å²) in [6, 6.07) is 6.95. The molecule has 4 N–H and O–H groups in total. The maximum atomic E-state index is 14.6. The van der Waals surface area contributed by atoms with E-state index in [1.165, 1.54) is 19.9 Å². The number of aryl methyl sites for hydroxylation is 1. The largest absolute Gasteiger partial charge is 0.386 e. The van der Waals surface area contributed by atoms with Crippen LogP contribution in [0.4, 0.5) is 19.6 Å². The van der Waals surface area contributed by atoms with Crippen molar-refractivity contribution in [3.8, 4) is 10.4 Å². The molecule has 8 heteroatoms. The van der Waals surface area contributed by atoms with Crippen LogP contribution in [0.1, 0.15) is 35.3 Å². The number of aliphatic hydroxyl groups is 1. The van der Waals surface area contributed by atoms with Crippen LogP contribution in [0.15, 0.2) is 30.3 Å². The second kappa shape index (κ2) is 7.29. The van der Waals surface area contributed by atoms with E-state index in [0.717, 1.165) is 29.0 Å². The highest BCUT2D eigenvalue weighted by Gasteiger charge is 2.24. The third-order valence-corrected chi connectivity index (χ3v) is 5.15. The smallest absolute Gasteiger partial charge is 0.251 e. The summed E-state index contributed by atoms with van der Waals surface area (Å²) in [6.45, 7) is 4.70. The van der Waals surface area contributed by atoms with Crippen LogP contribution in [0.25, 0.3) is 10.4 Å². The molecule has 2 aromatic heterocycles. The molecule has 0 spiro atoms. The number of carbonyl (C=O) groups excluding carboxylic acids is 1. The molecule has 1 radical (unpaired) electrons. The number of primary amides is 1. The van der Waals surface area contributed by atoms with Crippen molar-refractivity contribution in [2.45, 2.75) is 26.4 Å². The summed E-state index contributed by atoms with van der Waals surface area (Å²) in [5.41, 5.74) is 4.77. The third-order valence-electron chi connectivity index (χ3n) is 4.08. The fraction of sp³-hybridized carbons (Fsp3) is 0.200. The van der Waals surface area contributed by atoms with Crippen LogP contribution in [0.5, 0.6) is 0 Å². The van der Waals surface area contributed by atoms with Gasteiger partial charge >= 0.3 is 0 Å². The van der Waals surface area contributed by atoms with E-state index in [1.807, 2.05) is 6.92 Å². The summed E-state index contributed by atoms with van der Waals surface area (Å²) in [5.74, 6) is -2.01. The maximum Gasteiger partial charge on any atom is 0.251 e. The number of nitrogens with two attached hydrogens (primary N) is 1. The molecular formula is C20H18F2N3O2S. The van der Waals surface area contributed by atoms with Crippen molar-refractivity contribution in [3.05, 3.63) is 64.9 Å². The van der Waals surface area contributed by atoms with Crippen molar-refractivity contribution in [1.82, 2.24) is 4.98 Å². The van der Waals surface area contributed by atoms with Gasteiger partial charge in [0, 0.05) is 4.88 Å². The summed E-state index contributed by atoms with van der Waals surface area (Å²) < 4.78 is 29.3. The Hall–Kier alpha value is -2.84. The maximum absolute atomic E-state index is 14.6. The van der Waals surface area contributed by atoms with Crippen molar-refractivity contribution >= 4 is 28.1 Å². The highest BCUT2D eigenvalue weighted by molar-refractivity contribution is 7.20. The molecule has 145 valence electrons. The topological polar surface area (TPSA) is 88.2 Å². The van der Waals surface area contributed by atoms with E-state index < -0.39 is 23.1 Å². The van der Waals surface area contributed by atoms with Gasteiger partial charge in [-0.25, -0.2) is 13.8 Å². The average molecular weight is 402 g/mol. The monoisotopic (exact) mass is 402 g/mol. The van der Waals surface area contributed by atoms with Crippen LogP contribution < -0.4 is 11.1 Å². The Morgan fingerprint density at radius 3 is 2.39 bits per heavy atom. The molecule has 0 saturated heterocycles. The molecule has 1 aromatic carbocycles. The first-order valence-corrected chi connectivity index (χ1v) is 9.16. The van der Waals surface area contributed by atoms with Crippen molar-refractivity contribution < 1.29 is 18.7 Å². The number of hydrogen-bond donors (Lipinski definition) is 3. The first kappa shape index (κ1) is 19.9. The quantitative estimate of drug-likeness (QED) is 0.595. The number of nitrogens with one attached hydrogen (secondary N) is 1. The number of thiophene rings is 1. The van der Waals surface area contributed by atoms with Gasteiger partial charge < -0.3 is 16.2 Å². The zero-order chi connectivity index (χ0) is 20.6. The molecule has 3 aromatic rings. The number of rotatable bonds is 5. The van der Waals surface area contributed by atoms with E-state index in [9.17, 15) is 18.7 Å². The molecule has 0 aliphatic carbocycles. The molecule has 0 unspecified atom stereocenters. The molecule has 2 heterocycles. The summed E-state index contributed by atoms with van der Waals surface area (Å²) in [6.07, 6.45) is 2.78. The summed E-state index contributed by atoms with van der Waals surface area (Å²) in [5, 5.41) is 13.2. The molecule has 28 heavy (non-hydrogen) atoms. The molecular weight excluding hydrogens is 384 g/mol. The van der Waals surface area contributed by atoms with Gasteiger partial charge in [-0.15, -0.1) is 11.3 Å². The van der Waals surface area contributed by atoms with Crippen LogP contribution in [-0.2, 0) is 5.60 Å². The predicted octanol–water partition coefficient (Wildman–Crippen LogP) is 4.27. The normalized spacial score (nSPS) is 11.5. The fourth-order valence-electron chi connectivity index (χ4n) is 2.56. The van der Waals surface area contributed by atoms with Crippen LogP contribution in [0.2, 0.25) is 0 Å². The number of halogens is 2. The lowest BCUT2D eigenvalue weighted by Crippen LogP contribution is -2.16.